The van der Waals surface area contributed by atoms with E-state index < -0.39 is 0 Å². The predicted molar refractivity (Wildman–Crippen MR) is 118 cm³/mol. The van der Waals surface area contributed by atoms with Crippen molar-refractivity contribution in [2.24, 2.45) is 0 Å². The summed E-state index contributed by atoms with van der Waals surface area (Å²) in [7, 11) is 1.65. The molecule has 30 heavy (non-hydrogen) atoms. The summed E-state index contributed by atoms with van der Waals surface area (Å²) < 4.78 is 16.6. The fourth-order valence-corrected chi connectivity index (χ4v) is 2.82. The Labute approximate surface area is 176 Å². The highest BCUT2D eigenvalue weighted by atomic mass is 16.5. The van der Waals surface area contributed by atoms with Crippen LogP contribution in [0.1, 0.15) is 12.5 Å². The zero-order valence-electron chi connectivity index (χ0n) is 17.2. The average molecular weight is 406 g/mol. The van der Waals surface area contributed by atoms with E-state index in [1.807, 2.05) is 79.7 Å². The smallest absolute Gasteiger partial charge is 0.262 e. The van der Waals surface area contributed by atoms with Crippen LogP contribution in [-0.2, 0) is 11.3 Å². The number of nitrogens with one attached hydrogen (secondary N) is 2. The first-order valence-corrected chi connectivity index (χ1v) is 9.79. The van der Waals surface area contributed by atoms with Crippen molar-refractivity contribution in [2.75, 3.05) is 31.0 Å². The summed E-state index contributed by atoms with van der Waals surface area (Å²) in [5, 5.41) is 6.16. The number of methoxy groups -OCH3 is 1. The quantitative estimate of drug-likeness (QED) is 0.510. The molecule has 6 heteroatoms. The number of carbonyl (C=O) groups excluding carboxylic acids is 1. The third-order valence-electron chi connectivity index (χ3n) is 4.31. The average Bonchev–Trinajstić information content (AvgIpc) is 2.78. The largest absolute Gasteiger partial charge is 0.497 e. The molecule has 0 fully saturated rings. The molecule has 0 bridgehead atoms. The molecule has 0 radical (unpaired) electrons. The van der Waals surface area contributed by atoms with Gasteiger partial charge in [0.2, 0.25) is 0 Å². The fraction of sp³-hybridized carbons (Fsp3) is 0.208. The molecule has 0 aromatic heterocycles. The van der Waals surface area contributed by atoms with Crippen LogP contribution in [0.5, 0.6) is 17.2 Å². The van der Waals surface area contributed by atoms with E-state index in [2.05, 4.69) is 10.6 Å². The van der Waals surface area contributed by atoms with Crippen LogP contribution >= 0.6 is 0 Å². The molecule has 3 rings (SSSR count). The van der Waals surface area contributed by atoms with Crippen molar-refractivity contribution >= 4 is 17.3 Å². The number of hydrogen-bond acceptors (Lipinski definition) is 5. The molecule has 0 heterocycles. The molecule has 1 amide bonds. The van der Waals surface area contributed by atoms with Gasteiger partial charge in [-0.15, -0.1) is 0 Å². The Hall–Kier alpha value is -3.67. The zero-order valence-corrected chi connectivity index (χ0v) is 17.2. The first-order chi connectivity index (χ1) is 14.7. The van der Waals surface area contributed by atoms with Crippen LogP contribution in [0.15, 0.2) is 72.8 Å². The van der Waals surface area contributed by atoms with Gasteiger partial charge in [-0.25, -0.2) is 0 Å². The Morgan fingerprint density at radius 1 is 0.867 bits per heavy atom. The van der Waals surface area contributed by atoms with Gasteiger partial charge in [0.05, 0.1) is 13.7 Å². The van der Waals surface area contributed by atoms with Crippen molar-refractivity contribution in [3.05, 3.63) is 78.4 Å². The molecule has 156 valence electrons. The SMILES string of the molecule is CCOc1cc(CNc2ccc(OC)cc2)ccc1OCC(=O)Nc1ccccc1. The Balaban J connectivity index is 1.58. The number of anilines is 2. The van der Waals surface area contributed by atoms with Crippen LogP contribution in [0.3, 0.4) is 0 Å². The van der Waals surface area contributed by atoms with E-state index in [1.54, 1.807) is 7.11 Å². The molecule has 2 N–H and O–H groups in total. The minimum absolute atomic E-state index is 0.0988. The summed E-state index contributed by atoms with van der Waals surface area (Å²) in [4.78, 5) is 12.1. The maximum Gasteiger partial charge on any atom is 0.262 e. The molecule has 0 unspecified atom stereocenters. The summed E-state index contributed by atoms with van der Waals surface area (Å²) in [5.74, 6) is 1.73. The van der Waals surface area contributed by atoms with Crippen LogP contribution in [0.25, 0.3) is 0 Å². The number of rotatable bonds is 10. The number of benzene rings is 3. The third kappa shape index (κ3) is 6.17. The monoisotopic (exact) mass is 406 g/mol. The molecule has 3 aromatic carbocycles. The van der Waals surface area contributed by atoms with Crippen LogP contribution in [0, 0.1) is 0 Å². The summed E-state index contributed by atoms with van der Waals surface area (Å²) in [6, 6.07) is 22.7. The first kappa shape index (κ1) is 21.0. The van der Waals surface area contributed by atoms with Gasteiger partial charge in [-0.05, 0) is 61.0 Å². The minimum Gasteiger partial charge on any atom is -0.497 e. The predicted octanol–water partition coefficient (Wildman–Crippen LogP) is 4.72. The van der Waals surface area contributed by atoms with Crippen molar-refractivity contribution in [3.63, 3.8) is 0 Å². The van der Waals surface area contributed by atoms with E-state index >= 15 is 0 Å². The van der Waals surface area contributed by atoms with Gasteiger partial charge in [0.25, 0.3) is 5.91 Å². The van der Waals surface area contributed by atoms with Gasteiger partial charge < -0.3 is 24.8 Å². The highest BCUT2D eigenvalue weighted by Crippen LogP contribution is 2.29. The highest BCUT2D eigenvalue weighted by molar-refractivity contribution is 5.91. The number of ether oxygens (including phenoxy) is 3. The lowest BCUT2D eigenvalue weighted by atomic mass is 10.2. The molecular formula is C24H26N2O4. The number of amides is 1. The summed E-state index contributed by atoms with van der Waals surface area (Å²) in [5.41, 5.74) is 2.76. The summed E-state index contributed by atoms with van der Waals surface area (Å²) in [6.07, 6.45) is 0. The maximum absolute atomic E-state index is 12.1. The second-order valence-electron chi connectivity index (χ2n) is 6.50. The van der Waals surface area contributed by atoms with Crippen molar-refractivity contribution in [1.82, 2.24) is 0 Å². The maximum atomic E-state index is 12.1. The van der Waals surface area contributed by atoms with Crippen molar-refractivity contribution in [2.45, 2.75) is 13.5 Å². The van der Waals surface area contributed by atoms with E-state index in [-0.39, 0.29) is 12.5 Å². The van der Waals surface area contributed by atoms with Crippen LogP contribution in [-0.4, -0.2) is 26.2 Å². The van der Waals surface area contributed by atoms with Gasteiger partial charge in [-0.1, -0.05) is 24.3 Å². The Bertz CT molecular complexity index is 943. The lowest BCUT2D eigenvalue weighted by Gasteiger charge is -2.14. The second-order valence-corrected chi connectivity index (χ2v) is 6.50. The van der Waals surface area contributed by atoms with Gasteiger partial charge in [0.1, 0.15) is 5.75 Å². The first-order valence-electron chi connectivity index (χ1n) is 9.79. The van der Waals surface area contributed by atoms with Crippen LogP contribution < -0.4 is 24.8 Å². The van der Waals surface area contributed by atoms with E-state index in [1.165, 1.54) is 0 Å². The van der Waals surface area contributed by atoms with Gasteiger partial charge in [0, 0.05) is 17.9 Å². The molecule has 0 aliphatic rings. The van der Waals surface area contributed by atoms with Gasteiger partial charge in [0.15, 0.2) is 18.1 Å². The van der Waals surface area contributed by atoms with E-state index in [0.717, 1.165) is 22.7 Å². The van der Waals surface area contributed by atoms with Gasteiger partial charge >= 0.3 is 0 Å². The fourth-order valence-electron chi connectivity index (χ4n) is 2.82. The molecule has 0 atom stereocenters. The van der Waals surface area contributed by atoms with Gasteiger partial charge in [-0.2, -0.15) is 0 Å². The molecule has 0 saturated heterocycles. The Kier molecular flexibility index (Phi) is 7.55. The molecule has 0 aliphatic carbocycles. The molecule has 0 spiro atoms. The van der Waals surface area contributed by atoms with E-state index in [4.69, 9.17) is 14.2 Å². The van der Waals surface area contributed by atoms with E-state index in [0.29, 0.717) is 24.7 Å². The normalized spacial score (nSPS) is 10.2. The zero-order chi connectivity index (χ0) is 21.2. The molecule has 0 saturated carbocycles. The lowest BCUT2D eigenvalue weighted by molar-refractivity contribution is -0.118. The van der Waals surface area contributed by atoms with Crippen molar-refractivity contribution < 1.29 is 19.0 Å². The van der Waals surface area contributed by atoms with Crippen LogP contribution in [0.2, 0.25) is 0 Å². The molecular weight excluding hydrogens is 380 g/mol. The van der Waals surface area contributed by atoms with Crippen molar-refractivity contribution in [1.29, 1.82) is 0 Å². The summed E-state index contributed by atoms with van der Waals surface area (Å²) in [6.45, 7) is 2.94. The van der Waals surface area contributed by atoms with Crippen molar-refractivity contribution in [3.8, 4) is 17.2 Å². The Morgan fingerprint density at radius 3 is 2.33 bits per heavy atom. The standard InChI is InChI=1S/C24H26N2O4/c1-3-29-23-15-18(16-25-19-10-12-21(28-2)13-11-19)9-14-22(23)30-17-24(27)26-20-7-5-4-6-8-20/h4-15,25H,3,16-17H2,1-2H3,(H,26,27). The number of carbonyl (C=O) groups is 1. The van der Waals surface area contributed by atoms with Crippen LogP contribution in [0.4, 0.5) is 11.4 Å². The Morgan fingerprint density at radius 2 is 1.63 bits per heavy atom. The molecule has 0 aliphatic heterocycles. The topological polar surface area (TPSA) is 68.8 Å². The lowest BCUT2D eigenvalue weighted by Crippen LogP contribution is -2.20. The van der Waals surface area contributed by atoms with E-state index in [9.17, 15) is 4.79 Å². The molecule has 6 nitrogen and oxygen atoms in total. The number of hydrogen-bond donors (Lipinski definition) is 2. The molecule has 3 aromatic rings. The number of para-hydroxylation sites is 1. The minimum atomic E-state index is -0.228. The second kappa shape index (κ2) is 10.8. The summed E-state index contributed by atoms with van der Waals surface area (Å²) >= 11 is 0. The third-order valence-corrected chi connectivity index (χ3v) is 4.31. The van der Waals surface area contributed by atoms with Gasteiger partial charge in [-0.3, -0.25) is 4.79 Å². The highest BCUT2D eigenvalue weighted by Gasteiger charge is 2.10.